The van der Waals surface area contributed by atoms with E-state index in [1.165, 1.54) is 0 Å². The minimum absolute atomic E-state index is 0. The Morgan fingerprint density at radius 3 is 1.81 bits per heavy atom. The predicted octanol–water partition coefficient (Wildman–Crippen LogP) is 5.38. The van der Waals surface area contributed by atoms with Gasteiger partial charge in [-0.05, 0) is 61.3 Å². The van der Waals surface area contributed by atoms with Crippen LogP contribution in [0.4, 0.5) is 0 Å². The van der Waals surface area contributed by atoms with Gasteiger partial charge >= 0.3 is 0 Å². The van der Waals surface area contributed by atoms with E-state index < -0.39 is 0 Å². The Bertz CT molecular complexity index is 668. The summed E-state index contributed by atoms with van der Waals surface area (Å²) in [4.78, 5) is 45.2. The van der Waals surface area contributed by atoms with Gasteiger partial charge in [-0.1, -0.05) is 50.1 Å². The molecular weight excluding hydrogens is 537 g/mol. The van der Waals surface area contributed by atoms with Crippen LogP contribution in [0.15, 0.2) is 0 Å². The molecule has 1 atom stereocenters. The molecule has 12 heteroatoms. The fourth-order valence-corrected chi connectivity index (χ4v) is 7.10. The zero-order valence-electron chi connectivity index (χ0n) is 23.4. The molecule has 0 saturated carbocycles. The summed E-state index contributed by atoms with van der Waals surface area (Å²) < 4.78 is -0.00609. The lowest BCUT2D eigenvalue weighted by Gasteiger charge is -2.22. The van der Waals surface area contributed by atoms with Crippen molar-refractivity contribution in [3.63, 3.8) is 0 Å². The highest BCUT2D eigenvalue weighted by atomic mass is 33.1. The second-order valence-corrected chi connectivity index (χ2v) is 15.2. The molecule has 0 spiro atoms. The van der Waals surface area contributed by atoms with Crippen molar-refractivity contribution >= 4 is 66.8 Å². The Kier molecular flexibility index (Phi) is 23.2. The van der Waals surface area contributed by atoms with Crippen molar-refractivity contribution in [3.8, 4) is 0 Å². The summed E-state index contributed by atoms with van der Waals surface area (Å²) >= 11 is 0. The zero-order valence-corrected chi connectivity index (χ0v) is 26.7. The molecule has 0 aliphatic heterocycles. The van der Waals surface area contributed by atoms with E-state index in [-0.39, 0.29) is 46.2 Å². The van der Waals surface area contributed by atoms with Gasteiger partial charge in [-0.15, -0.1) is 0 Å². The predicted molar refractivity (Wildman–Crippen MR) is 170 cm³/mol. The smallest absolute Gasteiger partial charge is 0.231 e. The number of carbonyl (C=O) groups excluding carboxylic acids is 4. The van der Waals surface area contributed by atoms with Gasteiger partial charge in [0.2, 0.25) is 23.6 Å². The molecule has 0 saturated heterocycles. The van der Waals surface area contributed by atoms with Gasteiger partial charge in [0.05, 0.1) is 11.5 Å². The highest BCUT2D eigenvalue weighted by molar-refractivity contribution is 8.77. The highest BCUT2D eigenvalue weighted by Crippen LogP contribution is 2.38. The van der Waals surface area contributed by atoms with Crippen LogP contribution in [0, 0.1) is 0 Å². The van der Waals surface area contributed by atoms with E-state index in [0.29, 0.717) is 36.1 Å². The largest absolute Gasteiger partial charge is 0.359 e. The maximum atomic E-state index is 11.5. The molecule has 0 aliphatic carbocycles. The van der Waals surface area contributed by atoms with Gasteiger partial charge in [0.15, 0.2) is 0 Å². The average molecular weight is 593 g/mol. The van der Waals surface area contributed by atoms with Gasteiger partial charge in [0.25, 0.3) is 0 Å². The van der Waals surface area contributed by atoms with Crippen molar-refractivity contribution in [1.29, 1.82) is 0 Å². The Morgan fingerprint density at radius 2 is 1.33 bits per heavy atom. The maximum absolute atomic E-state index is 11.5. The molecule has 1 unspecified atom stereocenters. The molecule has 0 aromatic heterocycles. The van der Waals surface area contributed by atoms with Crippen LogP contribution in [0.1, 0.15) is 86.8 Å². The molecule has 0 heterocycles. The number of hydrogen-bond donors (Lipinski definition) is 4. The lowest BCUT2D eigenvalue weighted by Crippen LogP contribution is -2.31. The van der Waals surface area contributed by atoms with Crippen molar-refractivity contribution in [3.05, 3.63) is 0 Å². The van der Waals surface area contributed by atoms with E-state index >= 15 is 0 Å². The lowest BCUT2D eigenvalue weighted by molar-refractivity contribution is -0.121. The Balaban J connectivity index is -0.000000132. The molecule has 0 fully saturated rings. The first-order chi connectivity index (χ1) is 16.7. The van der Waals surface area contributed by atoms with Gasteiger partial charge in [0.1, 0.15) is 0 Å². The van der Waals surface area contributed by atoms with Crippen molar-refractivity contribution in [1.82, 2.24) is 21.3 Å². The molecule has 8 nitrogen and oxygen atoms in total. The first-order valence-corrected chi connectivity index (χ1v) is 17.1. The first-order valence-electron chi connectivity index (χ1n) is 12.4. The average Bonchev–Trinajstić information content (AvgIpc) is 2.75. The van der Waals surface area contributed by atoms with Gasteiger partial charge in [-0.25, -0.2) is 0 Å². The SMILES string of the molecule is CCNC(=O)CCC(C)(C)SSCC(=O)NC(C)C.CNC(=O)CCC(C)SSCC(=O)NC(C)C.[HH].[HH].[HH].[HH]. The van der Waals surface area contributed by atoms with E-state index in [1.807, 2.05) is 34.6 Å². The van der Waals surface area contributed by atoms with Gasteiger partial charge in [0, 0.05) is 54.2 Å². The minimum Gasteiger partial charge on any atom is -0.359 e. The molecule has 4 amide bonds. The summed E-state index contributed by atoms with van der Waals surface area (Å²) in [6, 6.07) is 0.377. The molecule has 0 aliphatic rings. The van der Waals surface area contributed by atoms with Crippen LogP contribution in [0.2, 0.25) is 0 Å². The number of hydrogen-bond acceptors (Lipinski definition) is 8. The number of nitrogens with one attached hydrogen (secondary N) is 4. The highest BCUT2D eigenvalue weighted by Gasteiger charge is 2.21. The van der Waals surface area contributed by atoms with Crippen LogP contribution in [0.5, 0.6) is 0 Å². The summed E-state index contributed by atoms with van der Waals surface area (Å²) in [6.45, 7) is 16.7. The number of amides is 4. The van der Waals surface area contributed by atoms with E-state index in [1.54, 1.807) is 50.2 Å². The third kappa shape index (κ3) is 26.3. The summed E-state index contributed by atoms with van der Waals surface area (Å²) in [7, 11) is 8.07. The van der Waals surface area contributed by atoms with Crippen LogP contribution in [0.3, 0.4) is 0 Å². The Morgan fingerprint density at radius 1 is 0.806 bits per heavy atom. The molecule has 0 aromatic carbocycles. The molecule has 0 aromatic rings. The van der Waals surface area contributed by atoms with Crippen molar-refractivity contribution in [2.45, 2.75) is 103 Å². The first kappa shape index (κ1) is 37.4. The van der Waals surface area contributed by atoms with Crippen LogP contribution >= 0.6 is 43.2 Å². The van der Waals surface area contributed by atoms with Crippen molar-refractivity contribution in [2.75, 3.05) is 25.1 Å². The summed E-state index contributed by atoms with van der Waals surface area (Å²) in [5.74, 6) is 1.21. The Labute approximate surface area is 240 Å². The maximum Gasteiger partial charge on any atom is 0.231 e. The van der Waals surface area contributed by atoms with Crippen LogP contribution in [-0.4, -0.2) is 70.8 Å². The molecule has 0 radical (unpaired) electrons. The molecule has 4 N–H and O–H groups in total. The molecule has 0 rings (SSSR count). The van der Waals surface area contributed by atoms with Crippen molar-refractivity contribution in [2.24, 2.45) is 0 Å². The van der Waals surface area contributed by atoms with Gasteiger partial charge in [-0.3, -0.25) is 19.2 Å². The summed E-state index contributed by atoms with van der Waals surface area (Å²) in [5.41, 5.74) is 0. The third-order valence-electron chi connectivity index (χ3n) is 4.18. The summed E-state index contributed by atoms with van der Waals surface area (Å²) in [5, 5.41) is 11.5. The quantitative estimate of drug-likeness (QED) is 0.166. The zero-order chi connectivity index (χ0) is 28.1. The van der Waals surface area contributed by atoms with Crippen molar-refractivity contribution < 1.29 is 24.9 Å². The number of carbonyl (C=O) groups is 4. The lowest BCUT2D eigenvalue weighted by atomic mass is 10.1. The fraction of sp³-hybridized carbons (Fsp3) is 0.833. The van der Waals surface area contributed by atoms with Crippen LogP contribution in [0.25, 0.3) is 0 Å². The second kappa shape index (κ2) is 22.3. The molecule has 36 heavy (non-hydrogen) atoms. The van der Waals surface area contributed by atoms with E-state index in [0.717, 1.165) is 12.8 Å². The van der Waals surface area contributed by atoms with Crippen LogP contribution < -0.4 is 21.3 Å². The summed E-state index contributed by atoms with van der Waals surface area (Å²) in [6.07, 6.45) is 2.72. The number of rotatable bonds is 17. The fourth-order valence-electron chi connectivity index (χ4n) is 2.42. The molecule has 0 bridgehead atoms. The van der Waals surface area contributed by atoms with Gasteiger partial charge in [-0.2, -0.15) is 0 Å². The standard InChI is InChI=1S/C13H26N2O2S2.C11H22N2O2S2.4H2/c1-6-14-11(16)7-8-13(4,5)19-18-9-12(17)15-10(2)3;1-8(2)13-11(15)7-16-17-9(3)5-6-10(14)12-4;;;;/h10H,6-9H2,1-5H3,(H,14,16)(H,15,17);8-9H,5-7H2,1-4H3,(H,12,14)(H,13,15);4*1H. The minimum atomic E-state index is -0.00609. The topological polar surface area (TPSA) is 116 Å². The second-order valence-electron chi connectivity index (χ2n) is 9.38. The van der Waals surface area contributed by atoms with Gasteiger partial charge < -0.3 is 21.3 Å². The monoisotopic (exact) mass is 592 g/mol. The van der Waals surface area contributed by atoms with E-state index in [9.17, 15) is 19.2 Å². The third-order valence-corrected chi connectivity index (χ3v) is 10.2. The molecular formula is C24H56N4O4S4. The van der Waals surface area contributed by atoms with E-state index in [4.69, 9.17) is 0 Å². The van der Waals surface area contributed by atoms with Crippen LogP contribution in [-0.2, 0) is 19.2 Å². The van der Waals surface area contributed by atoms with E-state index in [2.05, 4.69) is 42.0 Å². The Hall–Kier alpha value is -0.720. The molecule has 220 valence electrons. The normalized spacial score (nSPS) is 11.9.